The van der Waals surface area contributed by atoms with Crippen molar-refractivity contribution in [2.24, 2.45) is 0 Å². The van der Waals surface area contributed by atoms with Gasteiger partial charge >= 0.3 is 62.5 Å². The molecule has 80 valence electrons. The summed E-state index contributed by atoms with van der Waals surface area (Å²) >= 11 is 0. The van der Waals surface area contributed by atoms with Crippen LogP contribution in [0.2, 0.25) is 0 Å². The third-order valence-corrected chi connectivity index (χ3v) is 0.577. The fourth-order valence-electron chi connectivity index (χ4n) is 0.259. The van der Waals surface area contributed by atoms with Gasteiger partial charge in [0.2, 0.25) is 0 Å². The van der Waals surface area contributed by atoms with Crippen LogP contribution in [0.5, 0.6) is 0 Å². The van der Waals surface area contributed by atoms with Gasteiger partial charge in [-0.2, -0.15) is 0 Å². The van der Waals surface area contributed by atoms with E-state index in [-0.39, 0.29) is 32.5 Å². The van der Waals surface area contributed by atoms with Crippen molar-refractivity contribution >= 4 is 29.3 Å². The Morgan fingerprint density at radius 3 is 1.43 bits per heavy atom. The standard InChI is InChI=1S/B4H2O7.2H3N.H2O/c5-1-9-3(7)11-4(8)10-2-6;;;/h7-8H;2*1H3;1H2. The van der Waals surface area contributed by atoms with Crippen LogP contribution in [0.25, 0.3) is 0 Å². The van der Waals surface area contributed by atoms with Gasteiger partial charge in [0, 0.05) is 0 Å². The maximum atomic E-state index is 9.50. The van der Waals surface area contributed by atoms with Gasteiger partial charge < -0.3 is 17.8 Å². The third kappa shape index (κ3) is 13.8. The first kappa shape index (κ1) is 23.2. The molecule has 0 aromatic carbocycles. The molecular formula is H10B4N2O8. The average molecular weight is 209 g/mol. The molecule has 0 aliphatic carbocycles. The molecule has 0 radical (unpaired) electrons. The second kappa shape index (κ2) is 14.7. The van der Waals surface area contributed by atoms with Crippen LogP contribution in [0.15, 0.2) is 0 Å². The molecule has 0 spiro atoms. The zero-order chi connectivity index (χ0) is 8.69. The van der Waals surface area contributed by atoms with E-state index in [0.29, 0.717) is 0 Å². The number of rotatable bonds is 6. The number of hydrogen-bond donors (Lipinski definition) is 4. The van der Waals surface area contributed by atoms with Gasteiger partial charge in [0.1, 0.15) is 0 Å². The van der Waals surface area contributed by atoms with Crippen molar-refractivity contribution in [3.63, 3.8) is 0 Å². The first-order valence-corrected chi connectivity index (χ1v) is 2.40. The Kier molecular flexibility index (Phi) is 24.4. The first-order valence-electron chi connectivity index (χ1n) is 2.40. The van der Waals surface area contributed by atoms with E-state index in [1.807, 2.05) is 0 Å². The molecule has 14 heavy (non-hydrogen) atoms. The van der Waals surface area contributed by atoms with Crippen molar-refractivity contribution in [2.75, 3.05) is 0 Å². The van der Waals surface area contributed by atoms with Crippen molar-refractivity contribution in [3.8, 4) is 0 Å². The van der Waals surface area contributed by atoms with Crippen molar-refractivity contribution < 1.29 is 38.6 Å². The van der Waals surface area contributed by atoms with E-state index < -0.39 is 14.6 Å². The first-order chi connectivity index (χ1) is 5.20. The van der Waals surface area contributed by atoms with Crippen LogP contribution < -0.4 is 12.3 Å². The topological polar surface area (TPSA) is 204 Å². The zero-order valence-corrected chi connectivity index (χ0v) is 7.16. The van der Waals surface area contributed by atoms with Crippen LogP contribution in [0.1, 0.15) is 0 Å². The van der Waals surface area contributed by atoms with Gasteiger partial charge in [-0.3, -0.25) is 0 Å². The molecule has 0 aromatic rings. The van der Waals surface area contributed by atoms with E-state index in [1.54, 1.807) is 0 Å². The van der Waals surface area contributed by atoms with Gasteiger partial charge in [0.15, 0.2) is 0 Å². The molecule has 0 unspecified atom stereocenters. The fraction of sp³-hybridized carbons (Fsp3) is 0. The molecule has 0 saturated heterocycles. The second-order valence-electron chi connectivity index (χ2n) is 1.21. The van der Waals surface area contributed by atoms with Crippen LogP contribution in [0, 0.1) is 0 Å². The SMILES string of the molecule is N.N.O.O=BOB(O)OB(O)OB=O. The minimum atomic E-state index is -1.96. The molecule has 10 nitrogen and oxygen atoms in total. The van der Waals surface area contributed by atoms with E-state index in [0.717, 1.165) is 0 Å². The molecule has 14 heteroatoms. The quantitative estimate of drug-likeness (QED) is 0.318. The van der Waals surface area contributed by atoms with E-state index >= 15 is 0 Å². The van der Waals surface area contributed by atoms with Crippen LogP contribution in [-0.4, -0.2) is 44.9 Å². The molecule has 0 fully saturated rings. The molecule has 0 heterocycles. The summed E-state index contributed by atoms with van der Waals surface area (Å²) in [5.74, 6) is 0. The Bertz CT molecular complexity index is 119. The molecule has 0 amide bonds. The van der Waals surface area contributed by atoms with Crippen LogP contribution in [0.3, 0.4) is 0 Å². The summed E-state index contributed by atoms with van der Waals surface area (Å²) in [6.07, 6.45) is 0. The van der Waals surface area contributed by atoms with Crippen molar-refractivity contribution in [1.29, 1.82) is 0 Å². The van der Waals surface area contributed by atoms with Gasteiger partial charge in [0.05, 0.1) is 0 Å². The predicted octanol–water partition coefficient (Wildman–Crippen LogP) is -3.58. The van der Waals surface area contributed by atoms with Crippen molar-refractivity contribution in [2.45, 2.75) is 0 Å². The third-order valence-electron chi connectivity index (χ3n) is 0.577. The van der Waals surface area contributed by atoms with E-state index in [9.17, 15) is 9.41 Å². The fourth-order valence-corrected chi connectivity index (χ4v) is 0.259. The Morgan fingerprint density at radius 2 is 1.21 bits per heavy atom. The molecule has 10 N–H and O–H groups in total. The summed E-state index contributed by atoms with van der Waals surface area (Å²) in [7, 11) is -4.11. The molecule has 0 atom stereocenters. The summed E-state index contributed by atoms with van der Waals surface area (Å²) in [6.45, 7) is 0. The summed E-state index contributed by atoms with van der Waals surface area (Å²) in [6, 6.07) is 0. The summed E-state index contributed by atoms with van der Waals surface area (Å²) in [5.41, 5.74) is 0. The molecule has 0 aliphatic rings. The van der Waals surface area contributed by atoms with Crippen LogP contribution in [0.4, 0.5) is 0 Å². The van der Waals surface area contributed by atoms with Crippen molar-refractivity contribution in [3.05, 3.63) is 0 Å². The Hall–Kier alpha value is -0.780. The summed E-state index contributed by atoms with van der Waals surface area (Å²) in [5, 5.41) is 16.8. The molecule has 0 aliphatic heterocycles. The molecule has 0 saturated carbocycles. The van der Waals surface area contributed by atoms with Crippen molar-refractivity contribution in [1.82, 2.24) is 12.3 Å². The summed E-state index contributed by atoms with van der Waals surface area (Å²) < 4.78 is 30.4. The summed E-state index contributed by atoms with van der Waals surface area (Å²) in [4.78, 5) is 0. The van der Waals surface area contributed by atoms with Crippen LogP contribution in [-0.2, 0) is 23.1 Å². The Morgan fingerprint density at radius 1 is 0.929 bits per heavy atom. The Labute approximate surface area is 81.3 Å². The van der Waals surface area contributed by atoms with E-state index in [4.69, 9.17) is 10.0 Å². The maximum absolute atomic E-state index is 9.50. The molecular weight excluding hydrogens is 199 g/mol. The van der Waals surface area contributed by atoms with Crippen LogP contribution >= 0.6 is 0 Å². The van der Waals surface area contributed by atoms with E-state index in [1.165, 1.54) is 0 Å². The minimum absolute atomic E-state index is 0. The van der Waals surface area contributed by atoms with Gasteiger partial charge in [-0.1, -0.05) is 0 Å². The van der Waals surface area contributed by atoms with Gasteiger partial charge in [-0.15, -0.1) is 0 Å². The normalized spacial score (nSPS) is 5.86. The Balaban J connectivity index is -0.000000167. The average Bonchev–Trinajstić information content (AvgIpc) is 1.87. The molecule has 0 rings (SSSR count). The number of hydrogen-bond acceptors (Lipinski definition) is 9. The second-order valence-corrected chi connectivity index (χ2v) is 1.21. The molecule has 0 aromatic heterocycles. The molecule has 0 bridgehead atoms. The van der Waals surface area contributed by atoms with E-state index in [2.05, 4.69) is 13.7 Å². The van der Waals surface area contributed by atoms with Gasteiger partial charge in [-0.25, -0.2) is 0 Å². The zero-order valence-electron chi connectivity index (χ0n) is 7.16. The predicted molar refractivity (Wildman–Crippen MR) is 45.7 cm³/mol. The van der Waals surface area contributed by atoms with Gasteiger partial charge in [-0.05, 0) is 0 Å². The van der Waals surface area contributed by atoms with Gasteiger partial charge in [0.25, 0.3) is 0 Å². The monoisotopic (exact) mass is 210 g/mol.